The van der Waals surface area contributed by atoms with E-state index in [4.69, 9.17) is 0 Å². The second-order valence-electron chi connectivity index (χ2n) is 5.23. The Balaban J connectivity index is 2.59. The maximum atomic E-state index is 11.5. The maximum absolute atomic E-state index is 11.5. The Bertz CT molecular complexity index is 465. The second-order valence-corrected chi connectivity index (χ2v) is 6.15. The van der Waals surface area contributed by atoms with E-state index in [9.17, 15) is 9.90 Å². The fourth-order valence-electron chi connectivity index (χ4n) is 2.61. The summed E-state index contributed by atoms with van der Waals surface area (Å²) in [5.74, 6) is -0.710. The predicted molar refractivity (Wildman–Crippen MR) is 66.6 cm³/mol. The van der Waals surface area contributed by atoms with Gasteiger partial charge in [-0.25, -0.2) is 0 Å². The molecule has 0 spiro atoms. The van der Waals surface area contributed by atoms with Crippen molar-refractivity contribution in [3.63, 3.8) is 0 Å². The van der Waals surface area contributed by atoms with Gasteiger partial charge in [0.15, 0.2) is 0 Å². The zero-order valence-corrected chi connectivity index (χ0v) is 11.3. The van der Waals surface area contributed by atoms with Crippen LogP contribution in [0.3, 0.4) is 0 Å². The molecular weight excluding hydrogens is 268 g/mol. The van der Waals surface area contributed by atoms with Crippen LogP contribution in [0.5, 0.6) is 0 Å². The molecule has 1 atom stereocenters. The number of carboxylic acid groups (broad SMARTS) is 1. The van der Waals surface area contributed by atoms with Gasteiger partial charge in [0.2, 0.25) is 0 Å². The zero-order valence-electron chi connectivity index (χ0n) is 9.67. The monoisotopic (exact) mass is 282 g/mol. The number of benzene rings is 1. The van der Waals surface area contributed by atoms with Crippen molar-refractivity contribution < 1.29 is 9.90 Å². The minimum atomic E-state index is -0.710. The van der Waals surface area contributed by atoms with Gasteiger partial charge in [0.1, 0.15) is 0 Å². The van der Waals surface area contributed by atoms with Gasteiger partial charge in [-0.15, -0.1) is 0 Å². The highest BCUT2D eigenvalue weighted by atomic mass is 79.9. The first-order valence-corrected chi connectivity index (χ1v) is 6.10. The van der Waals surface area contributed by atoms with Crippen LogP contribution in [-0.4, -0.2) is 11.1 Å². The molecule has 0 bridgehead atoms. The van der Waals surface area contributed by atoms with E-state index in [1.165, 1.54) is 0 Å². The molecule has 1 aromatic carbocycles. The summed E-state index contributed by atoms with van der Waals surface area (Å²) in [4.78, 5) is 11.5. The first kappa shape index (κ1) is 11.6. The number of aryl methyl sites for hydroxylation is 1. The van der Waals surface area contributed by atoms with Crippen LogP contribution >= 0.6 is 15.9 Å². The highest BCUT2D eigenvalue weighted by Gasteiger charge is 2.68. The van der Waals surface area contributed by atoms with Gasteiger partial charge < -0.3 is 5.11 Å². The topological polar surface area (TPSA) is 37.3 Å². The first-order valence-electron chi connectivity index (χ1n) is 5.31. The third kappa shape index (κ3) is 1.41. The van der Waals surface area contributed by atoms with Crippen molar-refractivity contribution in [2.24, 2.45) is 5.41 Å². The van der Waals surface area contributed by atoms with Gasteiger partial charge in [-0.2, -0.15) is 0 Å². The van der Waals surface area contributed by atoms with Gasteiger partial charge >= 0.3 is 5.97 Å². The summed E-state index contributed by atoms with van der Waals surface area (Å²) in [6.07, 6.45) is 0.715. The smallest absolute Gasteiger partial charge is 0.314 e. The summed E-state index contributed by atoms with van der Waals surface area (Å²) in [5.41, 5.74) is 1.15. The van der Waals surface area contributed by atoms with Crippen LogP contribution in [0.4, 0.5) is 0 Å². The number of hydrogen-bond acceptors (Lipinski definition) is 1. The Kier molecular flexibility index (Phi) is 2.42. The molecule has 2 nitrogen and oxygen atoms in total. The van der Waals surface area contributed by atoms with Gasteiger partial charge in [0, 0.05) is 4.47 Å². The Morgan fingerprint density at radius 2 is 2.00 bits per heavy atom. The lowest BCUT2D eigenvalue weighted by Crippen LogP contribution is -2.26. The first-order chi connectivity index (χ1) is 7.31. The molecule has 1 aromatic rings. The number of carboxylic acids is 1. The minimum absolute atomic E-state index is 0.148. The number of halogens is 1. The van der Waals surface area contributed by atoms with E-state index in [1.807, 2.05) is 39.0 Å². The number of rotatable bonds is 2. The van der Waals surface area contributed by atoms with E-state index in [0.717, 1.165) is 15.6 Å². The van der Waals surface area contributed by atoms with E-state index < -0.39 is 11.4 Å². The van der Waals surface area contributed by atoms with Crippen LogP contribution in [0.1, 0.15) is 31.4 Å². The van der Waals surface area contributed by atoms with Crippen molar-refractivity contribution in [1.82, 2.24) is 0 Å². The normalized spacial score (nSPS) is 26.5. The summed E-state index contributed by atoms with van der Waals surface area (Å²) in [6, 6.07) is 5.86. The molecule has 0 aromatic heterocycles. The molecule has 0 saturated heterocycles. The standard InChI is InChI=1S/C13H15BrO2/c1-8-4-5-9(14)6-10(8)13(11(15)16)7-12(13,2)3/h4-6H,7H2,1-3H3,(H,15,16). The molecular formula is C13H15BrO2. The molecule has 1 N–H and O–H groups in total. The van der Waals surface area contributed by atoms with Crippen molar-refractivity contribution in [2.45, 2.75) is 32.6 Å². The molecule has 1 aliphatic rings. The SMILES string of the molecule is Cc1ccc(Br)cc1C1(C(=O)O)CC1(C)C. The molecule has 86 valence electrons. The van der Waals surface area contributed by atoms with Crippen molar-refractivity contribution in [2.75, 3.05) is 0 Å². The molecule has 0 amide bonds. The Hall–Kier alpha value is -0.830. The van der Waals surface area contributed by atoms with Gasteiger partial charge in [-0.05, 0) is 42.0 Å². The number of carbonyl (C=O) groups is 1. The average molecular weight is 283 g/mol. The largest absolute Gasteiger partial charge is 0.481 e. The van der Waals surface area contributed by atoms with E-state index in [1.54, 1.807) is 0 Å². The number of hydrogen-bond donors (Lipinski definition) is 1. The minimum Gasteiger partial charge on any atom is -0.481 e. The van der Waals surface area contributed by atoms with Gasteiger partial charge in [0.05, 0.1) is 5.41 Å². The van der Waals surface area contributed by atoms with Crippen LogP contribution in [0.2, 0.25) is 0 Å². The van der Waals surface area contributed by atoms with Crippen molar-refractivity contribution in [1.29, 1.82) is 0 Å². The molecule has 16 heavy (non-hydrogen) atoms. The molecule has 1 unspecified atom stereocenters. The van der Waals surface area contributed by atoms with Crippen molar-refractivity contribution in [3.8, 4) is 0 Å². The van der Waals surface area contributed by atoms with Crippen LogP contribution in [0, 0.1) is 12.3 Å². The van der Waals surface area contributed by atoms with Crippen LogP contribution in [0.15, 0.2) is 22.7 Å². The maximum Gasteiger partial charge on any atom is 0.314 e. The zero-order chi connectivity index (χ0) is 12.1. The molecule has 3 heteroatoms. The molecule has 0 radical (unpaired) electrons. The second kappa shape index (κ2) is 3.33. The number of aliphatic carboxylic acids is 1. The lowest BCUT2D eigenvalue weighted by molar-refractivity contribution is -0.141. The van der Waals surface area contributed by atoms with E-state index >= 15 is 0 Å². The van der Waals surface area contributed by atoms with Gasteiger partial charge in [-0.3, -0.25) is 4.79 Å². The highest BCUT2D eigenvalue weighted by molar-refractivity contribution is 9.10. The van der Waals surface area contributed by atoms with E-state index in [0.29, 0.717) is 6.42 Å². The predicted octanol–water partition coefficient (Wildman–Crippen LogP) is 3.51. The molecule has 2 rings (SSSR count). The highest BCUT2D eigenvalue weighted by Crippen LogP contribution is 2.65. The fraction of sp³-hybridized carbons (Fsp3) is 0.462. The lowest BCUT2D eigenvalue weighted by atomic mass is 9.85. The van der Waals surface area contributed by atoms with E-state index in [2.05, 4.69) is 15.9 Å². The average Bonchev–Trinajstić information content (AvgIpc) is 2.75. The van der Waals surface area contributed by atoms with Crippen molar-refractivity contribution >= 4 is 21.9 Å². The van der Waals surface area contributed by atoms with Crippen LogP contribution in [-0.2, 0) is 10.2 Å². The summed E-state index contributed by atoms with van der Waals surface area (Å²) in [5, 5.41) is 9.49. The van der Waals surface area contributed by atoms with E-state index in [-0.39, 0.29) is 5.41 Å². The quantitative estimate of drug-likeness (QED) is 0.901. The molecule has 1 aliphatic carbocycles. The van der Waals surface area contributed by atoms with Gasteiger partial charge in [-0.1, -0.05) is 35.8 Å². The summed E-state index contributed by atoms with van der Waals surface area (Å²) < 4.78 is 0.941. The van der Waals surface area contributed by atoms with Crippen LogP contribution in [0.25, 0.3) is 0 Å². The third-order valence-corrected chi connectivity index (χ3v) is 4.26. The molecule has 0 aliphatic heterocycles. The molecule has 1 fully saturated rings. The third-order valence-electron chi connectivity index (χ3n) is 3.76. The lowest BCUT2D eigenvalue weighted by Gasteiger charge is -2.18. The van der Waals surface area contributed by atoms with Gasteiger partial charge in [0.25, 0.3) is 0 Å². The Labute approximate surface area is 104 Å². The van der Waals surface area contributed by atoms with Crippen molar-refractivity contribution in [3.05, 3.63) is 33.8 Å². The molecule has 0 heterocycles. The summed E-state index contributed by atoms with van der Waals surface area (Å²) in [7, 11) is 0. The summed E-state index contributed by atoms with van der Waals surface area (Å²) in [6.45, 7) is 6.00. The fourth-order valence-corrected chi connectivity index (χ4v) is 2.97. The molecule has 1 saturated carbocycles. The Morgan fingerprint density at radius 1 is 1.44 bits per heavy atom. The van der Waals surface area contributed by atoms with Crippen LogP contribution < -0.4 is 0 Å². The summed E-state index contributed by atoms with van der Waals surface area (Å²) >= 11 is 3.41. The Morgan fingerprint density at radius 3 is 2.44 bits per heavy atom.